The molecule has 4 aromatic carbocycles. The summed E-state index contributed by atoms with van der Waals surface area (Å²) in [5, 5.41) is 7.20. The maximum atomic E-state index is 13.5. The van der Waals surface area contributed by atoms with Crippen LogP contribution in [-0.2, 0) is 26.0 Å². The molecule has 0 bridgehead atoms. The molecule has 0 radical (unpaired) electrons. The molecule has 10 nitrogen and oxygen atoms in total. The number of nitrogens with one attached hydrogen (secondary N) is 2. The van der Waals surface area contributed by atoms with E-state index in [1.807, 2.05) is 30.3 Å². The summed E-state index contributed by atoms with van der Waals surface area (Å²) in [6.45, 7) is -0.145. The minimum atomic E-state index is -4.12. The molecule has 12 heteroatoms. The number of amides is 2. The lowest BCUT2D eigenvalue weighted by Gasteiger charge is -2.23. The number of methoxy groups -OCH3 is 1. The molecule has 0 spiro atoms. The standard InChI is InChI=1S/C32H31ClN4O6S/c1-42-28-15-17-30(18-16-28)44(40,41)37(27-11-9-26(33)10-12-27)22-31(38)36-35-21-25-7-13-29(14-8-25)43-23-32(39)34-20-19-24-5-3-2-4-6-24/h2-18,21H,19-20,22-23H2,1H3,(H,34,39)(H,36,38). The number of carbonyl (C=O) groups is 2. The first kappa shape index (κ1) is 32.1. The number of rotatable bonds is 14. The third-order valence-corrected chi connectivity index (χ3v) is 8.32. The summed E-state index contributed by atoms with van der Waals surface area (Å²) in [7, 11) is -2.64. The van der Waals surface area contributed by atoms with Crippen LogP contribution in [0.3, 0.4) is 0 Å². The van der Waals surface area contributed by atoms with E-state index in [-0.39, 0.29) is 23.1 Å². The van der Waals surface area contributed by atoms with Crippen LogP contribution < -0.4 is 24.5 Å². The Labute approximate surface area is 261 Å². The minimum absolute atomic E-state index is 0.0171. The van der Waals surface area contributed by atoms with Crippen molar-refractivity contribution >= 4 is 45.3 Å². The molecule has 0 heterocycles. The maximum absolute atomic E-state index is 13.5. The van der Waals surface area contributed by atoms with Crippen LogP contribution in [0.1, 0.15) is 11.1 Å². The predicted octanol–water partition coefficient (Wildman–Crippen LogP) is 4.43. The molecular weight excluding hydrogens is 604 g/mol. The largest absolute Gasteiger partial charge is 0.497 e. The number of sulfonamides is 1. The minimum Gasteiger partial charge on any atom is -0.497 e. The predicted molar refractivity (Wildman–Crippen MR) is 170 cm³/mol. The molecule has 2 amide bonds. The molecule has 0 saturated carbocycles. The van der Waals surface area contributed by atoms with E-state index >= 15 is 0 Å². The van der Waals surface area contributed by atoms with Crippen LogP contribution >= 0.6 is 11.6 Å². The molecule has 0 aliphatic rings. The van der Waals surface area contributed by atoms with Crippen molar-refractivity contribution < 1.29 is 27.5 Å². The van der Waals surface area contributed by atoms with Crippen LogP contribution in [0.2, 0.25) is 5.02 Å². The van der Waals surface area contributed by atoms with Gasteiger partial charge in [0.15, 0.2) is 6.61 Å². The second-order valence-electron chi connectivity index (χ2n) is 9.40. The molecule has 4 rings (SSSR count). The SMILES string of the molecule is COc1ccc(S(=O)(=O)N(CC(=O)NN=Cc2ccc(OCC(=O)NCCc3ccccc3)cc2)c2ccc(Cl)cc2)cc1. The molecule has 44 heavy (non-hydrogen) atoms. The highest BCUT2D eigenvalue weighted by Gasteiger charge is 2.27. The average Bonchev–Trinajstić information content (AvgIpc) is 3.04. The van der Waals surface area contributed by atoms with Gasteiger partial charge >= 0.3 is 0 Å². The fraction of sp³-hybridized carbons (Fsp3) is 0.156. The van der Waals surface area contributed by atoms with E-state index in [1.165, 1.54) is 61.9 Å². The summed E-state index contributed by atoms with van der Waals surface area (Å²) >= 11 is 5.99. The Balaban J connectivity index is 1.30. The Hall–Kier alpha value is -4.87. The zero-order chi connectivity index (χ0) is 31.4. The number of benzene rings is 4. The van der Waals surface area contributed by atoms with Gasteiger partial charge in [-0.25, -0.2) is 13.8 Å². The third kappa shape index (κ3) is 9.32. The van der Waals surface area contributed by atoms with Crippen LogP contribution in [0.25, 0.3) is 0 Å². The van der Waals surface area contributed by atoms with Crippen molar-refractivity contribution in [2.24, 2.45) is 5.10 Å². The van der Waals surface area contributed by atoms with Gasteiger partial charge in [-0.15, -0.1) is 0 Å². The topological polar surface area (TPSA) is 126 Å². The van der Waals surface area contributed by atoms with Gasteiger partial charge < -0.3 is 14.8 Å². The first-order chi connectivity index (χ1) is 21.2. The Morgan fingerprint density at radius 2 is 1.52 bits per heavy atom. The highest BCUT2D eigenvalue weighted by atomic mass is 35.5. The van der Waals surface area contributed by atoms with Gasteiger partial charge in [-0.05, 0) is 90.3 Å². The Kier molecular flexibility index (Phi) is 11.3. The quantitative estimate of drug-likeness (QED) is 0.156. The van der Waals surface area contributed by atoms with E-state index in [4.69, 9.17) is 21.1 Å². The highest BCUT2D eigenvalue weighted by molar-refractivity contribution is 7.92. The van der Waals surface area contributed by atoms with Crippen molar-refractivity contribution in [1.82, 2.24) is 10.7 Å². The lowest BCUT2D eigenvalue weighted by atomic mass is 10.1. The fourth-order valence-corrected chi connectivity index (χ4v) is 5.53. The number of hydrogen-bond acceptors (Lipinski definition) is 7. The van der Waals surface area contributed by atoms with Crippen LogP contribution in [0, 0.1) is 0 Å². The van der Waals surface area contributed by atoms with Crippen LogP contribution in [0.15, 0.2) is 113 Å². The second-order valence-corrected chi connectivity index (χ2v) is 11.7. The van der Waals surface area contributed by atoms with E-state index in [9.17, 15) is 18.0 Å². The van der Waals surface area contributed by atoms with Crippen LogP contribution in [0.4, 0.5) is 5.69 Å². The molecule has 0 aromatic heterocycles. The summed E-state index contributed by atoms with van der Waals surface area (Å²) in [6.07, 6.45) is 2.14. The van der Waals surface area contributed by atoms with E-state index in [1.54, 1.807) is 24.3 Å². The lowest BCUT2D eigenvalue weighted by molar-refractivity contribution is -0.123. The van der Waals surface area contributed by atoms with Crippen molar-refractivity contribution in [2.45, 2.75) is 11.3 Å². The van der Waals surface area contributed by atoms with Gasteiger partial charge in [0, 0.05) is 11.6 Å². The zero-order valence-corrected chi connectivity index (χ0v) is 25.4. The van der Waals surface area contributed by atoms with Crippen molar-refractivity contribution in [3.05, 3.63) is 119 Å². The van der Waals surface area contributed by atoms with Gasteiger partial charge in [-0.2, -0.15) is 5.10 Å². The molecule has 0 aliphatic heterocycles. The average molecular weight is 635 g/mol. The highest BCUT2D eigenvalue weighted by Crippen LogP contribution is 2.26. The molecule has 0 atom stereocenters. The van der Waals surface area contributed by atoms with Crippen molar-refractivity contribution in [1.29, 1.82) is 0 Å². The first-order valence-electron chi connectivity index (χ1n) is 13.5. The fourth-order valence-electron chi connectivity index (χ4n) is 3.98. The molecule has 228 valence electrons. The molecule has 2 N–H and O–H groups in total. The smallest absolute Gasteiger partial charge is 0.264 e. The van der Waals surface area contributed by atoms with Crippen molar-refractivity contribution in [3.63, 3.8) is 0 Å². The molecule has 0 saturated heterocycles. The Bertz CT molecular complexity index is 1670. The third-order valence-electron chi connectivity index (χ3n) is 6.28. The number of ether oxygens (including phenoxy) is 2. The van der Waals surface area contributed by atoms with Crippen molar-refractivity contribution in [2.75, 3.05) is 31.1 Å². The van der Waals surface area contributed by atoms with Crippen LogP contribution in [-0.4, -0.2) is 53.3 Å². The summed E-state index contributed by atoms with van der Waals surface area (Å²) in [5.41, 5.74) is 4.40. The monoisotopic (exact) mass is 634 g/mol. The van der Waals surface area contributed by atoms with Gasteiger partial charge in [0.25, 0.3) is 21.8 Å². The molecule has 0 fully saturated rings. The zero-order valence-electron chi connectivity index (χ0n) is 23.9. The van der Waals surface area contributed by atoms with E-state index in [2.05, 4.69) is 15.8 Å². The lowest BCUT2D eigenvalue weighted by Crippen LogP contribution is -2.39. The number of halogens is 1. The summed E-state index contributed by atoms with van der Waals surface area (Å²) < 4.78 is 38.6. The Morgan fingerprint density at radius 1 is 0.864 bits per heavy atom. The number of nitrogens with zero attached hydrogens (tertiary/aromatic N) is 2. The van der Waals surface area contributed by atoms with Gasteiger partial charge in [0.1, 0.15) is 18.0 Å². The normalized spacial score (nSPS) is 11.1. The first-order valence-corrected chi connectivity index (χ1v) is 15.3. The van der Waals surface area contributed by atoms with Gasteiger partial charge in [-0.1, -0.05) is 41.9 Å². The van der Waals surface area contributed by atoms with E-state index in [0.717, 1.165) is 16.3 Å². The molecule has 4 aromatic rings. The van der Waals surface area contributed by atoms with Crippen molar-refractivity contribution in [3.8, 4) is 11.5 Å². The number of anilines is 1. The number of hydrazone groups is 1. The molecule has 0 unspecified atom stereocenters. The van der Waals surface area contributed by atoms with E-state index < -0.39 is 22.5 Å². The molecular formula is C32H31ClN4O6S. The maximum Gasteiger partial charge on any atom is 0.264 e. The second kappa shape index (κ2) is 15.6. The van der Waals surface area contributed by atoms with Gasteiger partial charge in [0.2, 0.25) is 0 Å². The summed E-state index contributed by atoms with van der Waals surface area (Å²) in [6, 6.07) is 28.6. The van der Waals surface area contributed by atoms with E-state index in [0.29, 0.717) is 28.6 Å². The van der Waals surface area contributed by atoms with Gasteiger partial charge in [0.05, 0.1) is 23.9 Å². The van der Waals surface area contributed by atoms with Gasteiger partial charge in [-0.3, -0.25) is 13.9 Å². The molecule has 0 aliphatic carbocycles. The Morgan fingerprint density at radius 3 is 2.18 bits per heavy atom. The number of carbonyl (C=O) groups excluding carboxylic acids is 2. The number of hydrogen-bond donors (Lipinski definition) is 2. The summed E-state index contributed by atoms with van der Waals surface area (Å²) in [4.78, 5) is 24.8. The van der Waals surface area contributed by atoms with Crippen LogP contribution in [0.5, 0.6) is 11.5 Å². The summed E-state index contributed by atoms with van der Waals surface area (Å²) in [5.74, 6) is 0.0999.